The summed E-state index contributed by atoms with van der Waals surface area (Å²) in [7, 11) is 0. The van der Waals surface area contributed by atoms with E-state index in [1.165, 1.54) is 18.2 Å². The van der Waals surface area contributed by atoms with Crippen molar-refractivity contribution >= 4 is 0 Å². The minimum atomic E-state index is -0.510. The van der Waals surface area contributed by atoms with E-state index in [0.29, 0.717) is 0 Å². The minimum absolute atomic E-state index is 0.0419. The first-order valence-electron chi connectivity index (χ1n) is 6.31. The first-order chi connectivity index (χ1) is 9.09. The Balaban J connectivity index is 2.09. The number of nitrogens with one attached hydrogen (secondary N) is 1. The fourth-order valence-corrected chi connectivity index (χ4v) is 2.14. The first-order valence-corrected chi connectivity index (χ1v) is 6.31. The zero-order valence-corrected chi connectivity index (χ0v) is 11.1. The van der Waals surface area contributed by atoms with Crippen LogP contribution >= 0.6 is 0 Å². The smallest absolute Gasteiger partial charge is 0.130 e. The van der Waals surface area contributed by atoms with E-state index in [4.69, 9.17) is 0 Å². The molecule has 0 radical (unpaired) electrons. The summed E-state index contributed by atoms with van der Waals surface area (Å²) in [6.07, 6.45) is 0. The molecule has 0 fully saturated rings. The highest BCUT2D eigenvalue weighted by atomic mass is 19.1. The molecule has 100 valence electrons. The van der Waals surface area contributed by atoms with Crippen molar-refractivity contribution in [3.05, 3.63) is 70.8 Å². The van der Waals surface area contributed by atoms with Gasteiger partial charge in [-0.3, -0.25) is 0 Å². The molecule has 2 rings (SSSR count). The largest absolute Gasteiger partial charge is 0.306 e. The third kappa shape index (κ3) is 3.18. The molecule has 0 unspecified atom stereocenters. The zero-order chi connectivity index (χ0) is 13.8. The third-order valence-corrected chi connectivity index (χ3v) is 3.30. The van der Waals surface area contributed by atoms with Crippen molar-refractivity contribution in [2.45, 2.75) is 26.4 Å². The van der Waals surface area contributed by atoms with E-state index in [2.05, 4.69) is 5.32 Å². The van der Waals surface area contributed by atoms with E-state index in [-0.39, 0.29) is 18.2 Å². The summed E-state index contributed by atoms with van der Waals surface area (Å²) in [5.74, 6) is -1.02. The van der Waals surface area contributed by atoms with Crippen LogP contribution in [-0.4, -0.2) is 0 Å². The highest BCUT2D eigenvalue weighted by Gasteiger charge is 2.11. The number of aryl methyl sites for hydroxylation is 1. The fourth-order valence-electron chi connectivity index (χ4n) is 2.14. The predicted molar refractivity (Wildman–Crippen MR) is 72.8 cm³/mol. The maximum atomic E-state index is 13.5. The monoisotopic (exact) mass is 261 g/mol. The Morgan fingerprint density at radius 1 is 1.00 bits per heavy atom. The summed E-state index contributed by atoms with van der Waals surface area (Å²) < 4.78 is 27.0. The second-order valence-corrected chi connectivity index (χ2v) is 4.66. The van der Waals surface area contributed by atoms with Crippen molar-refractivity contribution in [3.63, 3.8) is 0 Å². The van der Waals surface area contributed by atoms with Crippen LogP contribution in [-0.2, 0) is 6.54 Å². The van der Waals surface area contributed by atoms with Gasteiger partial charge in [-0.1, -0.05) is 30.3 Å². The molecule has 0 aliphatic rings. The van der Waals surface area contributed by atoms with Gasteiger partial charge in [0.05, 0.1) is 0 Å². The van der Waals surface area contributed by atoms with E-state index in [0.717, 1.165) is 11.1 Å². The predicted octanol–water partition coefficient (Wildman–Crippen LogP) is 4.12. The van der Waals surface area contributed by atoms with Crippen molar-refractivity contribution in [3.8, 4) is 0 Å². The van der Waals surface area contributed by atoms with E-state index in [9.17, 15) is 8.78 Å². The lowest BCUT2D eigenvalue weighted by Gasteiger charge is -2.17. The Labute approximate surface area is 112 Å². The SMILES string of the molecule is Cc1ccccc1[C@H](C)NCc1c(F)cccc1F. The van der Waals surface area contributed by atoms with Gasteiger partial charge >= 0.3 is 0 Å². The molecule has 0 aliphatic heterocycles. The van der Waals surface area contributed by atoms with Crippen LogP contribution in [0.15, 0.2) is 42.5 Å². The molecule has 1 N–H and O–H groups in total. The van der Waals surface area contributed by atoms with Crippen molar-refractivity contribution in [2.24, 2.45) is 0 Å². The highest BCUT2D eigenvalue weighted by molar-refractivity contribution is 5.28. The summed E-state index contributed by atoms with van der Waals surface area (Å²) in [6, 6.07) is 11.9. The van der Waals surface area contributed by atoms with Gasteiger partial charge in [-0.05, 0) is 37.1 Å². The lowest BCUT2D eigenvalue weighted by atomic mass is 10.0. The molecule has 2 aromatic carbocycles. The molecule has 1 atom stereocenters. The molecule has 0 aliphatic carbocycles. The van der Waals surface area contributed by atoms with Crippen molar-refractivity contribution in [1.82, 2.24) is 5.32 Å². The molecule has 19 heavy (non-hydrogen) atoms. The molecule has 0 saturated heterocycles. The summed E-state index contributed by atoms with van der Waals surface area (Å²) in [5, 5.41) is 3.16. The molecule has 3 heteroatoms. The second-order valence-electron chi connectivity index (χ2n) is 4.66. The molecular formula is C16H17F2N. The van der Waals surface area contributed by atoms with Crippen molar-refractivity contribution in [1.29, 1.82) is 0 Å². The van der Waals surface area contributed by atoms with Gasteiger partial charge in [-0.25, -0.2) is 8.78 Å². The minimum Gasteiger partial charge on any atom is -0.306 e. The second kappa shape index (κ2) is 5.93. The molecular weight excluding hydrogens is 244 g/mol. The Morgan fingerprint density at radius 3 is 2.26 bits per heavy atom. The Morgan fingerprint density at radius 2 is 1.63 bits per heavy atom. The summed E-state index contributed by atoms with van der Waals surface area (Å²) in [4.78, 5) is 0. The highest BCUT2D eigenvalue weighted by Crippen LogP contribution is 2.18. The molecule has 0 heterocycles. The van der Waals surface area contributed by atoms with E-state index in [1.807, 2.05) is 38.1 Å². The van der Waals surface area contributed by atoms with Crippen LogP contribution < -0.4 is 5.32 Å². The quantitative estimate of drug-likeness (QED) is 0.872. The molecule has 1 nitrogen and oxygen atoms in total. The summed E-state index contributed by atoms with van der Waals surface area (Å²) in [5.41, 5.74) is 2.39. The standard InChI is InChI=1S/C16H17F2N/c1-11-6-3-4-7-13(11)12(2)19-10-14-15(17)8-5-9-16(14)18/h3-9,12,19H,10H2,1-2H3/t12-/m0/s1. The van der Waals surface area contributed by atoms with Gasteiger partial charge in [-0.15, -0.1) is 0 Å². The van der Waals surface area contributed by atoms with E-state index in [1.54, 1.807) is 0 Å². The van der Waals surface area contributed by atoms with E-state index >= 15 is 0 Å². The Bertz CT molecular complexity index is 546. The van der Waals surface area contributed by atoms with Crippen LogP contribution in [0.5, 0.6) is 0 Å². The van der Waals surface area contributed by atoms with Gasteiger partial charge < -0.3 is 5.32 Å². The maximum absolute atomic E-state index is 13.5. The van der Waals surface area contributed by atoms with Gasteiger partial charge in [0.2, 0.25) is 0 Å². The van der Waals surface area contributed by atoms with Gasteiger partial charge in [-0.2, -0.15) is 0 Å². The summed E-state index contributed by atoms with van der Waals surface area (Å²) >= 11 is 0. The zero-order valence-electron chi connectivity index (χ0n) is 11.1. The topological polar surface area (TPSA) is 12.0 Å². The average Bonchev–Trinajstić information content (AvgIpc) is 2.38. The number of rotatable bonds is 4. The fraction of sp³-hybridized carbons (Fsp3) is 0.250. The molecule has 2 aromatic rings. The van der Waals surface area contributed by atoms with Crippen LogP contribution in [0.3, 0.4) is 0 Å². The number of benzene rings is 2. The van der Waals surface area contributed by atoms with Gasteiger partial charge in [0.1, 0.15) is 11.6 Å². The lowest BCUT2D eigenvalue weighted by Crippen LogP contribution is -2.20. The third-order valence-electron chi connectivity index (χ3n) is 3.30. The number of hydrogen-bond donors (Lipinski definition) is 1. The lowest BCUT2D eigenvalue weighted by molar-refractivity contribution is 0.508. The van der Waals surface area contributed by atoms with Gasteiger partial charge in [0, 0.05) is 18.2 Å². The number of halogens is 2. The molecule has 0 amide bonds. The Hall–Kier alpha value is -1.74. The van der Waals surface area contributed by atoms with Crippen LogP contribution in [0.4, 0.5) is 8.78 Å². The molecule has 0 saturated carbocycles. The molecule has 0 spiro atoms. The van der Waals surface area contributed by atoms with Crippen LogP contribution in [0.2, 0.25) is 0 Å². The molecule has 0 aromatic heterocycles. The number of hydrogen-bond acceptors (Lipinski definition) is 1. The van der Waals surface area contributed by atoms with Gasteiger partial charge in [0.25, 0.3) is 0 Å². The van der Waals surface area contributed by atoms with Crippen molar-refractivity contribution < 1.29 is 8.78 Å². The first kappa shape index (κ1) is 13.7. The van der Waals surface area contributed by atoms with Crippen LogP contribution in [0, 0.1) is 18.6 Å². The molecule has 0 bridgehead atoms. The van der Waals surface area contributed by atoms with Crippen LogP contribution in [0.25, 0.3) is 0 Å². The van der Waals surface area contributed by atoms with Gasteiger partial charge in [0.15, 0.2) is 0 Å². The van der Waals surface area contributed by atoms with Crippen LogP contribution in [0.1, 0.15) is 29.7 Å². The normalized spacial score (nSPS) is 12.4. The Kier molecular flexibility index (Phi) is 4.27. The van der Waals surface area contributed by atoms with E-state index < -0.39 is 11.6 Å². The summed E-state index contributed by atoms with van der Waals surface area (Å²) in [6.45, 7) is 4.19. The average molecular weight is 261 g/mol. The maximum Gasteiger partial charge on any atom is 0.130 e. The van der Waals surface area contributed by atoms with Crippen molar-refractivity contribution in [2.75, 3.05) is 0 Å².